The fourth-order valence-electron chi connectivity index (χ4n) is 2.39. The van der Waals surface area contributed by atoms with E-state index in [4.69, 9.17) is 21.5 Å². The van der Waals surface area contributed by atoms with E-state index in [-0.39, 0.29) is 16.1 Å². The van der Waals surface area contributed by atoms with Crippen LogP contribution in [0.2, 0.25) is 5.15 Å². The Morgan fingerprint density at radius 1 is 1.11 bits per heavy atom. The molecule has 1 amide bonds. The van der Waals surface area contributed by atoms with Crippen LogP contribution in [0.1, 0.15) is 10.4 Å². The highest BCUT2D eigenvalue weighted by atomic mass is 35.5. The second kappa shape index (κ2) is 7.93. The third-order valence-electron chi connectivity index (χ3n) is 3.67. The summed E-state index contributed by atoms with van der Waals surface area (Å²) in [5.74, 6) is -1.32. The highest BCUT2D eigenvalue weighted by molar-refractivity contribution is 7.89. The van der Waals surface area contributed by atoms with Crippen molar-refractivity contribution in [1.29, 1.82) is 0 Å². The quantitative estimate of drug-likeness (QED) is 0.482. The molecule has 0 spiro atoms. The molecule has 3 aromatic rings. The predicted molar refractivity (Wildman–Crippen MR) is 103 cm³/mol. The number of esters is 1. The zero-order chi connectivity index (χ0) is 20.3. The van der Waals surface area contributed by atoms with Crippen molar-refractivity contribution in [3.63, 3.8) is 0 Å². The lowest BCUT2D eigenvalue weighted by Crippen LogP contribution is -2.21. The number of hydrogen-bond donors (Lipinski definition) is 2. The Balaban J connectivity index is 1.63. The number of amides is 1. The molecule has 0 fully saturated rings. The largest absolute Gasteiger partial charge is 0.452 e. The summed E-state index contributed by atoms with van der Waals surface area (Å²) in [6.45, 7) is -0.546. The van der Waals surface area contributed by atoms with E-state index in [0.717, 1.165) is 0 Å². The number of carbonyl (C=O) groups excluding carboxylic acids is 2. The third-order valence-corrected chi connectivity index (χ3v) is 4.79. The molecule has 0 unspecified atom stereocenters. The summed E-state index contributed by atoms with van der Waals surface area (Å²) in [7, 11) is -3.89. The van der Waals surface area contributed by atoms with Gasteiger partial charge in [0.05, 0.1) is 16.0 Å². The number of hydrogen-bond acceptors (Lipinski definition) is 6. The fourth-order valence-corrected chi connectivity index (χ4v) is 3.10. The van der Waals surface area contributed by atoms with Crippen molar-refractivity contribution < 1.29 is 22.7 Å². The standard InChI is InChI=1S/C18H14ClN3O5S/c19-16-7-5-11-8-12(4-6-15(11)22-16)18(24)27-10-17(23)21-13-2-1-3-14(9-13)28(20,25)26/h1-9H,10H2,(H,21,23)(H2,20,25,26). The number of ether oxygens (including phenoxy) is 1. The summed E-state index contributed by atoms with van der Waals surface area (Å²) in [6.07, 6.45) is 0. The summed E-state index contributed by atoms with van der Waals surface area (Å²) >= 11 is 5.82. The van der Waals surface area contributed by atoms with Crippen LogP contribution in [0.5, 0.6) is 0 Å². The molecular weight excluding hydrogens is 406 g/mol. The summed E-state index contributed by atoms with van der Waals surface area (Å²) in [6, 6.07) is 13.4. The maximum Gasteiger partial charge on any atom is 0.338 e. The van der Waals surface area contributed by atoms with Crippen molar-refractivity contribution in [3.05, 3.63) is 65.3 Å². The summed E-state index contributed by atoms with van der Waals surface area (Å²) in [5.41, 5.74) is 1.08. The van der Waals surface area contributed by atoms with E-state index in [1.54, 1.807) is 24.3 Å². The predicted octanol–water partition coefficient (Wildman–Crippen LogP) is 2.33. The molecule has 144 valence electrons. The maximum absolute atomic E-state index is 12.2. The highest BCUT2D eigenvalue weighted by Crippen LogP contribution is 2.18. The van der Waals surface area contributed by atoms with E-state index in [0.29, 0.717) is 16.1 Å². The Morgan fingerprint density at radius 2 is 1.89 bits per heavy atom. The average molecular weight is 420 g/mol. The van der Waals surface area contributed by atoms with Crippen LogP contribution >= 0.6 is 11.6 Å². The normalized spacial score (nSPS) is 11.2. The van der Waals surface area contributed by atoms with Crippen molar-refractivity contribution in [2.24, 2.45) is 5.14 Å². The molecular formula is C18H14ClN3O5S. The molecule has 0 aliphatic carbocycles. The number of nitrogens with one attached hydrogen (secondary N) is 1. The number of pyridine rings is 1. The Bertz CT molecular complexity index is 1180. The number of nitrogens with two attached hydrogens (primary N) is 1. The van der Waals surface area contributed by atoms with Gasteiger partial charge in [0.1, 0.15) is 5.15 Å². The van der Waals surface area contributed by atoms with Crippen molar-refractivity contribution in [1.82, 2.24) is 4.98 Å². The molecule has 2 aromatic carbocycles. The molecule has 3 rings (SSSR count). The minimum absolute atomic E-state index is 0.146. The molecule has 1 heterocycles. The molecule has 3 N–H and O–H groups in total. The number of halogens is 1. The van der Waals surface area contributed by atoms with Gasteiger partial charge in [-0.25, -0.2) is 23.3 Å². The Labute approximate surface area is 165 Å². The molecule has 0 saturated heterocycles. The topological polar surface area (TPSA) is 128 Å². The zero-order valence-electron chi connectivity index (χ0n) is 14.3. The summed E-state index contributed by atoms with van der Waals surface area (Å²) in [4.78, 5) is 28.1. The van der Waals surface area contributed by atoms with E-state index < -0.39 is 28.5 Å². The smallest absolute Gasteiger partial charge is 0.338 e. The van der Waals surface area contributed by atoms with Gasteiger partial charge in [-0.2, -0.15) is 0 Å². The molecule has 10 heteroatoms. The number of aromatic nitrogens is 1. The molecule has 0 bridgehead atoms. The van der Waals surface area contributed by atoms with E-state index in [9.17, 15) is 18.0 Å². The van der Waals surface area contributed by atoms with E-state index in [1.807, 2.05) is 0 Å². The molecule has 28 heavy (non-hydrogen) atoms. The number of anilines is 1. The van der Waals surface area contributed by atoms with Gasteiger partial charge < -0.3 is 10.1 Å². The van der Waals surface area contributed by atoms with Gasteiger partial charge in [0.25, 0.3) is 5.91 Å². The lowest BCUT2D eigenvalue weighted by atomic mass is 10.1. The van der Waals surface area contributed by atoms with Gasteiger partial charge in [-0.05, 0) is 48.5 Å². The van der Waals surface area contributed by atoms with Gasteiger partial charge >= 0.3 is 5.97 Å². The van der Waals surface area contributed by atoms with Gasteiger partial charge in [-0.15, -0.1) is 0 Å². The minimum Gasteiger partial charge on any atom is -0.452 e. The van der Waals surface area contributed by atoms with Crippen LogP contribution in [0.25, 0.3) is 10.9 Å². The number of carbonyl (C=O) groups is 2. The summed E-state index contributed by atoms with van der Waals surface area (Å²) in [5, 5.41) is 8.52. The molecule has 0 aliphatic heterocycles. The number of nitrogens with zero attached hydrogens (tertiary/aromatic N) is 1. The number of sulfonamides is 1. The highest BCUT2D eigenvalue weighted by Gasteiger charge is 2.13. The van der Waals surface area contributed by atoms with Crippen molar-refractivity contribution in [2.75, 3.05) is 11.9 Å². The van der Waals surface area contributed by atoms with Crippen molar-refractivity contribution >= 4 is 50.1 Å². The SMILES string of the molecule is NS(=O)(=O)c1cccc(NC(=O)COC(=O)c2ccc3nc(Cl)ccc3c2)c1. The number of primary sulfonamides is 1. The van der Waals surface area contributed by atoms with E-state index in [1.165, 1.54) is 30.3 Å². The fraction of sp³-hybridized carbons (Fsp3) is 0.0556. The first kappa shape index (κ1) is 19.7. The second-order valence-corrected chi connectivity index (χ2v) is 7.69. The van der Waals surface area contributed by atoms with E-state index >= 15 is 0 Å². The van der Waals surface area contributed by atoms with Gasteiger partial charge in [-0.3, -0.25) is 4.79 Å². The van der Waals surface area contributed by atoms with Gasteiger partial charge in [-0.1, -0.05) is 17.7 Å². The molecule has 0 atom stereocenters. The lowest BCUT2D eigenvalue weighted by Gasteiger charge is -2.08. The average Bonchev–Trinajstić information content (AvgIpc) is 2.65. The monoisotopic (exact) mass is 419 g/mol. The van der Waals surface area contributed by atoms with Crippen LogP contribution < -0.4 is 10.5 Å². The zero-order valence-corrected chi connectivity index (χ0v) is 15.8. The maximum atomic E-state index is 12.2. The molecule has 0 saturated carbocycles. The molecule has 8 nitrogen and oxygen atoms in total. The van der Waals surface area contributed by atoms with Crippen LogP contribution in [-0.4, -0.2) is 31.9 Å². The van der Waals surface area contributed by atoms with Crippen LogP contribution in [0.15, 0.2) is 59.5 Å². The molecule has 0 radical (unpaired) electrons. The van der Waals surface area contributed by atoms with Gasteiger partial charge in [0, 0.05) is 11.1 Å². The molecule has 0 aliphatic rings. The van der Waals surface area contributed by atoms with Gasteiger partial charge in [0.2, 0.25) is 10.0 Å². The van der Waals surface area contributed by atoms with Crippen molar-refractivity contribution in [3.8, 4) is 0 Å². The summed E-state index contributed by atoms with van der Waals surface area (Å²) < 4.78 is 27.7. The van der Waals surface area contributed by atoms with Crippen LogP contribution in [0.3, 0.4) is 0 Å². The number of fused-ring (bicyclic) bond motifs is 1. The third kappa shape index (κ3) is 4.83. The lowest BCUT2D eigenvalue weighted by molar-refractivity contribution is -0.119. The first-order valence-electron chi connectivity index (χ1n) is 7.88. The molecule has 1 aromatic heterocycles. The Morgan fingerprint density at radius 3 is 2.64 bits per heavy atom. The second-order valence-electron chi connectivity index (χ2n) is 5.74. The van der Waals surface area contributed by atoms with Crippen LogP contribution in [0.4, 0.5) is 5.69 Å². The number of benzene rings is 2. The number of rotatable bonds is 5. The van der Waals surface area contributed by atoms with Crippen LogP contribution in [0, 0.1) is 0 Å². The van der Waals surface area contributed by atoms with Crippen LogP contribution in [-0.2, 0) is 19.6 Å². The van der Waals surface area contributed by atoms with E-state index in [2.05, 4.69) is 10.3 Å². The Hall–Kier alpha value is -3.01. The Kier molecular flexibility index (Phi) is 5.59. The first-order valence-corrected chi connectivity index (χ1v) is 9.81. The van der Waals surface area contributed by atoms with Gasteiger partial charge in [0.15, 0.2) is 6.61 Å². The first-order chi connectivity index (χ1) is 13.2. The minimum atomic E-state index is -3.89. The van der Waals surface area contributed by atoms with Crippen molar-refractivity contribution in [2.45, 2.75) is 4.90 Å².